The van der Waals surface area contributed by atoms with Gasteiger partial charge < -0.3 is 0 Å². The van der Waals surface area contributed by atoms with Gasteiger partial charge in [0.15, 0.2) is 0 Å². The molecule has 0 heterocycles. The number of nitrogens with zero attached hydrogens (tertiary/aromatic N) is 2. The highest BCUT2D eigenvalue weighted by Crippen LogP contribution is 2.24. The number of hydrogen-bond acceptors (Lipinski definition) is 4. The second-order valence-electron chi connectivity index (χ2n) is 8.31. The van der Waals surface area contributed by atoms with Crippen molar-refractivity contribution in [3.63, 3.8) is 0 Å². The summed E-state index contributed by atoms with van der Waals surface area (Å²) >= 11 is 0. The van der Waals surface area contributed by atoms with E-state index >= 15 is 0 Å². The summed E-state index contributed by atoms with van der Waals surface area (Å²) in [6.45, 7) is 3.73. The van der Waals surface area contributed by atoms with E-state index < -0.39 is 20.0 Å². The van der Waals surface area contributed by atoms with E-state index in [1.165, 1.54) is 24.3 Å². The summed E-state index contributed by atoms with van der Waals surface area (Å²) in [5.74, 6) is 5.07. The average molecular weight is 541 g/mol. The molecule has 0 bridgehead atoms. The smallest absolute Gasteiger partial charge is 0.200 e. The van der Waals surface area contributed by atoms with Gasteiger partial charge in [0.25, 0.3) is 20.0 Å². The monoisotopic (exact) mass is 540 g/mol. The Morgan fingerprint density at radius 3 is 1.11 bits per heavy atom. The van der Waals surface area contributed by atoms with Crippen LogP contribution < -0.4 is 8.61 Å². The number of para-hydroxylation sites is 2. The Labute approximate surface area is 224 Å². The molecule has 4 aromatic rings. The van der Waals surface area contributed by atoms with Crippen LogP contribution in [-0.4, -0.2) is 16.8 Å². The first-order chi connectivity index (χ1) is 18.2. The topological polar surface area (TPSA) is 74.8 Å². The van der Waals surface area contributed by atoms with Crippen LogP contribution in [0, 0.1) is 37.8 Å². The second kappa shape index (κ2) is 11.3. The molecule has 0 radical (unpaired) electrons. The minimum Gasteiger partial charge on any atom is -0.200 e. The third-order valence-corrected chi connectivity index (χ3v) is 8.78. The van der Waals surface area contributed by atoms with Gasteiger partial charge >= 0.3 is 0 Å². The zero-order chi connectivity index (χ0) is 27.2. The first-order valence-corrected chi connectivity index (χ1v) is 14.4. The number of aryl methyl sites for hydroxylation is 2. The Morgan fingerprint density at radius 2 is 0.789 bits per heavy atom. The Hall–Kier alpha value is -4.50. The van der Waals surface area contributed by atoms with Crippen molar-refractivity contribution in [1.29, 1.82) is 0 Å². The van der Waals surface area contributed by atoms with Crippen molar-refractivity contribution in [2.75, 3.05) is 8.61 Å². The van der Waals surface area contributed by atoms with Crippen LogP contribution in [-0.2, 0) is 20.0 Å². The molecule has 0 saturated heterocycles. The molecule has 0 aliphatic heterocycles. The zero-order valence-corrected chi connectivity index (χ0v) is 22.4. The van der Waals surface area contributed by atoms with Crippen molar-refractivity contribution in [3.05, 3.63) is 120 Å². The first kappa shape index (κ1) is 26.6. The first-order valence-electron chi connectivity index (χ1n) is 11.5. The lowest BCUT2D eigenvalue weighted by Crippen LogP contribution is -2.26. The zero-order valence-electron chi connectivity index (χ0n) is 20.7. The van der Waals surface area contributed by atoms with E-state index in [-0.39, 0.29) is 9.79 Å². The van der Waals surface area contributed by atoms with Crippen molar-refractivity contribution in [3.8, 4) is 23.9 Å². The summed E-state index contributed by atoms with van der Waals surface area (Å²) in [6, 6.07) is 34.9. The molecule has 38 heavy (non-hydrogen) atoms. The Morgan fingerprint density at radius 1 is 0.474 bits per heavy atom. The van der Waals surface area contributed by atoms with E-state index in [0.29, 0.717) is 11.4 Å². The van der Waals surface area contributed by atoms with E-state index in [1.807, 2.05) is 13.8 Å². The van der Waals surface area contributed by atoms with Crippen molar-refractivity contribution in [2.24, 2.45) is 0 Å². The molecule has 4 aromatic carbocycles. The predicted molar refractivity (Wildman–Crippen MR) is 150 cm³/mol. The molecular weight excluding hydrogens is 516 g/mol. The minimum atomic E-state index is -4.04. The fourth-order valence-corrected chi connectivity index (χ4v) is 5.95. The van der Waals surface area contributed by atoms with Crippen molar-refractivity contribution in [2.45, 2.75) is 23.6 Å². The van der Waals surface area contributed by atoms with E-state index in [9.17, 15) is 16.8 Å². The van der Waals surface area contributed by atoms with Gasteiger partial charge in [-0.3, -0.25) is 0 Å². The van der Waals surface area contributed by atoms with E-state index in [2.05, 4.69) is 23.9 Å². The lowest BCUT2D eigenvalue weighted by molar-refractivity contribution is 0.595. The summed E-state index contributed by atoms with van der Waals surface area (Å²) in [6.07, 6.45) is 0. The third-order valence-electron chi connectivity index (χ3n) is 5.48. The lowest BCUT2D eigenvalue weighted by atomic mass is 10.2. The van der Waals surface area contributed by atoms with Crippen LogP contribution in [0.5, 0.6) is 0 Å². The summed E-state index contributed by atoms with van der Waals surface area (Å²) in [5.41, 5.74) is 2.50. The quantitative estimate of drug-likeness (QED) is 0.245. The van der Waals surface area contributed by atoms with Gasteiger partial charge in [-0.15, -0.1) is 0 Å². The molecule has 8 heteroatoms. The molecule has 190 valence electrons. The Bertz CT molecular complexity index is 1610. The Kier molecular flexibility index (Phi) is 7.87. The van der Waals surface area contributed by atoms with E-state index in [0.717, 1.165) is 19.7 Å². The molecule has 0 fully saturated rings. The van der Waals surface area contributed by atoms with Gasteiger partial charge in [-0.05, 0) is 62.4 Å². The van der Waals surface area contributed by atoms with E-state index in [4.69, 9.17) is 0 Å². The number of hydrogen-bond donors (Lipinski definition) is 0. The summed E-state index contributed by atoms with van der Waals surface area (Å²) in [7, 11) is -8.08. The van der Waals surface area contributed by atoms with Crippen LogP contribution in [0.1, 0.15) is 11.1 Å². The average Bonchev–Trinajstić information content (AvgIpc) is 2.92. The number of sulfonamides is 2. The van der Waals surface area contributed by atoms with Crippen LogP contribution in [0.3, 0.4) is 0 Å². The van der Waals surface area contributed by atoms with Gasteiger partial charge in [-0.1, -0.05) is 71.8 Å². The number of benzene rings is 4. The molecule has 0 amide bonds. The molecule has 0 N–H and O–H groups in total. The molecule has 4 rings (SSSR count). The van der Waals surface area contributed by atoms with Crippen molar-refractivity contribution >= 4 is 31.4 Å². The van der Waals surface area contributed by atoms with Gasteiger partial charge in [0.2, 0.25) is 0 Å². The highest BCUT2D eigenvalue weighted by Gasteiger charge is 2.25. The molecule has 0 aliphatic carbocycles. The third kappa shape index (κ3) is 5.90. The predicted octanol–water partition coefficient (Wildman–Crippen LogP) is 5.32. The molecule has 0 aliphatic rings. The Balaban J connectivity index is 1.77. The molecule has 0 aromatic heterocycles. The van der Waals surface area contributed by atoms with Gasteiger partial charge in [0, 0.05) is 23.9 Å². The fraction of sp³-hybridized carbons (Fsp3) is 0.0667. The van der Waals surface area contributed by atoms with Gasteiger partial charge in [-0.2, -0.15) is 8.61 Å². The van der Waals surface area contributed by atoms with Gasteiger partial charge in [0.05, 0.1) is 21.2 Å². The summed E-state index contributed by atoms with van der Waals surface area (Å²) in [4.78, 5) is 0.143. The maximum Gasteiger partial charge on any atom is 0.275 e. The van der Waals surface area contributed by atoms with Crippen molar-refractivity contribution in [1.82, 2.24) is 0 Å². The highest BCUT2D eigenvalue weighted by molar-refractivity contribution is 7.93. The fourth-order valence-electron chi connectivity index (χ4n) is 3.44. The van der Waals surface area contributed by atoms with Crippen LogP contribution in [0.2, 0.25) is 0 Å². The van der Waals surface area contributed by atoms with Gasteiger partial charge in [-0.25, -0.2) is 16.8 Å². The van der Waals surface area contributed by atoms with Gasteiger partial charge in [0.1, 0.15) is 0 Å². The van der Waals surface area contributed by atoms with Crippen LogP contribution in [0.25, 0.3) is 0 Å². The van der Waals surface area contributed by atoms with Crippen LogP contribution in [0.15, 0.2) is 119 Å². The highest BCUT2D eigenvalue weighted by atomic mass is 32.2. The number of anilines is 2. The maximum absolute atomic E-state index is 13.4. The molecule has 6 nitrogen and oxygen atoms in total. The summed E-state index contributed by atoms with van der Waals surface area (Å²) in [5, 5.41) is 0. The van der Waals surface area contributed by atoms with Crippen molar-refractivity contribution < 1.29 is 16.8 Å². The minimum absolute atomic E-state index is 0.0714. The van der Waals surface area contributed by atoms with E-state index in [1.54, 1.807) is 84.9 Å². The molecule has 0 atom stereocenters. The second-order valence-corrected chi connectivity index (χ2v) is 11.9. The molecule has 0 spiro atoms. The van der Waals surface area contributed by atoms with Crippen LogP contribution in [0.4, 0.5) is 11.4 Å². The lowest BCUT2D eigenvalue weighted by Gasteiger charge is -2.18. The number of rotatable bonds is 6. The largest absolute Gasteiger partial charge is 0.275 e. The maximum atomic E-state index is 13.4. The standard InChI is InChI=1S/C30H24N2O4S2/c1-25-15-19-29(20-16-25)37(33,34)31(27-11-5-3-6-12-27)23-9-10-24-32(28-13-7-4-8-14-28)38(35,36)30-21-17-26(2)18-22-30/h3-8,11-22H,1-2H3. The molecule has 0 unspecified atom stereocenters. The molecular formula is C30H24N2O4S2. The normalized spacial score (nSPS) is 10.9. The van der Waals surface area contributed by atoms with Crippen LogP contribution >= 0.6 is 0 Å². The SMILES string of the molecule is Cc1ccc(S(=O)(=O)N(C#CC#CN(c2ccccc2)S(=O)(=O)c2ccc(C)cc2)c2ccccc2)cc1. The summed E-state index contributed by atoms with van der Waals surface area (Å²) < 4.78 is 55.6. The molecule has 0 saturated carbocycles.